The lowest BCUT2D eigenvalue weighted by atomic mass is 9.84. The van der Waals surface area contributed by atoms with Gasteiger partial charge < -0.3 is 25.4 Å². The van der Waals surface area contributed by atoms with E-state index in [2.05, 4.69) is 33.9 Å². The highest BCUT2D eigenvalue weighted by Crippen LogP contribution is 2.34. The van der Waals surface area contributed by atoms with Crippen LogP contribution in [0.4, 0.5) is 10.5 Å². The van der Waals surface area contributed by atoms with Crippen LogP contribution in [-0.4, -0.2) is 54.9 Å². The molecule has 49 heavy (non-hydrogen) atoms. The van der Waals surface area contributed by atoms with Crippen LogP contribution in [0, 0.1) is 25.2 Å². The van der Waals surface area contributed by atoms with Gasteiger partial charge in [0.2, 0.25) is 5.91 Å². The van der Waals surface area contributed by atoms with Gasteiger partial charge in [-0.25, -0.2) is 4.79 Å². The minimum absolute atomic E-state index is 0.000838. The van der Waals surface area contributed by atoms with Gasteiger partial charge in [-0.2, -0.15) is 17.9 Å². The molecule has 3 aromatic carbocycles. The van der Waals surface area contributed by atoms with Crippen LogP contribution in [-0.2, 0) is 20.7 Å². The van der Waals surface area contributed by atoms with Crippen molar-refractivity contribution in [1.82, 2.24) is 15.6 Å². The summed E-state index contributed by atoms with van der Waals surface area (Å²) in [7, 11) is 1.28. The Morgan fingerprint density at radius 3 is 2.31 bits per heavy atom. The third-order valence-corrected chi connectivity index (χ3v) is 9.53. The zero-order chi connectivity index (χ0) is 34.9. The summed E-state index contributed by atoms with van der Waals surface area (Å²) in [5, 5.41) is 18.9. The first-order chi connectivity index (χ1) is 23.7. The fraction of sp³-hybridized carbons (Fsp3) is 0.333. The number of ether oxygens (including phenoxy) is 2. The van der Waals surface area contributed by atoms with E-state index < -0.39 is 23.3 Å². The van der Waals surface area contributed by atoms with Gasteiger partial charge in [0, 0.05) is 29.9 Å². The second-order valence-corrected chi connectivity index (χ2v) is 13.0. The molecule has 10 heteroatoms. The summed E-state index contributed by atoms with van der Waals surface area (Å²) in [6.45, 7) is 6.54. The van der Waals surface area contributed by atoms with Crippen LogP contribution in [0.5, 0.6) is 0 Å². The average Bonchev–Trinajstić information content (AvgIpc) is 3.11. The Balaban J connectivity index is 1.34. The first-order valence-electron chi connectivity index (χ1n) is 16.5. The molecule has 4 aromatic rings. The van der Waals surface area contributed by atoms with Crippen LogP contribution in [0.1, 0.15) is 63.7 Å². The summed E-state index contributed by atoms with van der Waals surface area (Å²) in [5.74, 6) is -0.844. The number of hydrogen-bond donors (Lipinski definition) is 4. The number of morpholine rings is 1. The van der Waals surface area contributed by atoms with Crippen molar-refractivity contribution in [2.75, 3.05) is 19.0 Å². The lowest BCUT2D eigenvalue weighted by Gasteiger charge is -2.39. The summed E-state index contributed by atoms with van der Waals surface area (Å²) in [6.07, 6.45) is 0.162. The van der Waals surface area contributed by atoms with Crippen molar-refractivity contribution in [2.24, 2.45) is 0 Å². The Kier molecular flexibility index (Phi) is 12.1. The van der Waals surface area contributed by atoms with Gasteiger partial charge in [-0.05, 0) is 68.0 Å². The molecule has 1 aliphatic heterocycles. The number of methoxy groups -OCH3 is 1. The average molecular weight is 678 g/mol. The van der Waals surface area contributed by atoms with Gasteiger partial charge in [-0.3, -0.25) is 9.78 Å². The fourth-order valence-electron chi connectivity index (χ4n) is 6.49. The predicted molar refractivity (Wildman–Crippen MR) is 194 cm³/mol. The number of aromatic nitrogens is 1. The number of carbonyl (C=O) groups is 2. The second-order valence-electron chi connectivity index (χ2n) is 12.4. The smallest absolute Gasteiger partial charge is 0.407 e. The van der Waals surface area contributed by atoms with Gasteiger partial charge in [-0.1, -0.05) is 78.9 Å². The van der Waals surface area contributed by atoms with E-state index in [4.69, 9.17) is 22.1 Å². The number of nitrogens with zero attached hydrogens (tertiary/aromatic N) is 2. The van der Waals surface area contributed by atoms with Crippen LogP contribution >= 0.6 is 12.6 Å². The van der Waals surface area contributed by atoms with Gasteiger partial charge in [0.25, 0.3) is 0 Å². The summed E-state index contributed by atoms with van der Waals surface area (Å²) in [6, 6.07) is 30.2. The molecule has 2 heterocycles. The number of hydrogen-bond acceptors (Lipinski definition) is 8. The summed E-state index contributed by atoms with van der Waals surface area (Å²) in [4.78, 5) is 31.4. The van der Waals surface area contributed by atoms with Crippen LogP contribution in [0.3, 0.4) is 0 Å². The Hall–Kier alpha value is -4.69. The number of benzene rings is 3. The lowest BCUT2D eigenvalue weighted by Crippen LogP contribution is -2.52. The number of aryl methyl sites for hydroxylation is 3. The van der Waals surface area contributed by atoms with Crippen molar-refractivity contribution >= 4 is 30.3 Å². The zero-order valence-electron chi connectivity index (χ0n) is 28.2. The minimum atomic E-state index is -0.970. The van der Waals surface area contributed by atoms with Gasteiger partial charge in [0.15, 0.2) is 0 Å². The number of rotatable bonds is 11. The van der Waals surface area contributed by atoms with E-state index in [0.717, 1.165) is 27.9 Å². The van der Waals surface area contributed by atoms with Crippen LogP contribution in [0.15, 0.2) is 91.0 Å². The molecule has 1 aromatic heterocycles. The molecular weight excluding hydrogens is 635 g/mol. The van der Waals surface area contributed by atoms with Crippen molar-refractivity contribution in [3.05, 3.63) is 130 Å². The summed E-state index contributed by atoms with van der Waals surface area (Å²) < 4.78 is 11.6. The van der Waals surface area contributed by atoms with E-state index in [-0.39, 0.29) is 24.2 Å². The summed E-state index contributed by atoms with van der Waals surface area (Å²) >= 11 is 4.93. The maximum absolute atomic E-state index is 14.1. The Morgan fingerprint density at radius 2 is 1.67 bits per heavy atom. The molecule has 1 aliphatic rings. The number of pyridine rings is 1. The Morgan fingerprint density at radius 1 is 1.04 bits per heavy atom. The van der Waals surface area contributed by atoms with Gasteiger partial charge in [0.1, 0.15) is 12.1 Å². The number of thiol groups is 1. The number of amides is 2. The molecule has 9 nitrogen and oxygen atoms in total. The second kappa shape index (κ2) is 16.6. The maximum Gasteiger partial charge on any atom is 0.407 e. The van der Waals surface area contributed by atoms with Gasteiger partial charge >= 0.3 is 6.09 Å². The quantitative estimate of drug-likeness (QED) is 0.135. The van der Waals surface area contributed by atoms with Crippen LogP contribution in [0.2, 0.25) is 0 Å². The summed E-state index contributed by atoms with van der Waals surface area (Å²) in [5.41, 5.74) is 6.23. The molecule has 254 valence electrons. The normalized spacial score (nSPS) is 18.6. The molecule has 5 atom stereocenters. The van der Waals surface area contributed by atoms with Crippen LogP contribution < -0.4 is 16.0 Å². The number of para-hydroxylation sites is 1. The van der Waals surface area contributed by atoms with Gasteiger partial charge in [-0.15, -0.1) is 0 Å². The first-order valence-corrected chi connectivity index (χ1v) is 17.0. The predicted octanol–water partition coefficient (Wildman–Crippen LogP) is 6.41. The molecule has 0 saturated carbocycles. The van der Waals surface area contributed by atoms with E-state index in [0.29, 0.717) is 36.3 Å². The molecule has 0 aliphatic carbocycles. The molecule has 3 N–H and O–H groups in total. The number of nitrogens with one attached hydrogen (secondary N) is 3. The first kappa shape index (κ1) is 35.6. The highest BCUT2D eigenvalue weighted by molar-refractivity contribution is 7.80. The molecule has 1 saturated heterocycles. The lowest BCUT2D eigenvalue weighted by molar-refractivity contribution is -0.118. The molecule has 0 bridgehead atoms. The molecular formula is C39H43N5O4S. The van der Waals surface area contributed by atoms with Crippen molar-refractivity contribution in [3.63, 3.8) is 0 Å². The van der Waals surface area contributed by atoms with Crippen molar-refractivity contribution in [3.8, 4) is 6.07 Å². The topological polar surface area (TPSA) is 125 Å². The van der Waals surface area contributed by atoms with E-state index in [9.17, 15) is 14.9 Å². The van der Waals surface area contributed by atoms with E-state index in [1.54, 1.807) is 0 Å². The number of alkyl carbamates (subject to hydrolysis) is 1. The Labute approximate surface area is 293 Å². The monoisotopic (exact) mass is 677 g/mol. The van der Waals surface area contributed by atoms with E-state index in [1.165, 1.54) is 7.11 Å². The largest absolute Gasteiger partial charge is 0.453 e. The number of anilines is 1. The number of nitriles is 1. The van der Waals surface area contributed by atoms with Crippen molar-refractivity contribution < 1.29 is 19.1 Å². The highest BCUT2D eigenvalue weighted by atomic mass is 32.1. The van der Waals surface area contributed by atoms with Gasteiger partial charge in [0.05, 0.1) is 35.8 Å². The molecule has 0 radical (unpaired) electrons. The standard InChI is InChI=1S/C39H43N5O4S/c1-24-21-25(2)42-34(31(24)22-40)37(49)36-26(3)41-23-30(48-36)20-19-27-13-11-12-18-32(27)43-38(45)35(44-39(46)47-4)33(28-14-7-5-8-15-28)29-16-9-6-10-17-29/h5-18,21,26,30,33,35-37,41,49H,19-20,23H2,1-4H3,(H,43,45)(H,44,46)/t26-,30-,35+,36+,37?/m1/s1. The molecule has 0 spiro atoms. The minimum Gasteiger partial charge on any atom is -0.453 e. The van der Waals surface area contributed by atoms with E-state index in [1.807, 2.05) is 105 Å². The molecule has 1 fully saturated rings. The van der Waals surface area contributed by atoms with Crippen molar-refractivity contribution in [1.29, 1.82) is 5.26 Å². The fourth-order valence-corrected chi connectivity index (χ4v) is 7.01. The highest BCUT2D eigenvalue weighted by Gasteiger charge is 2.36. The van der Waals surface area contributed by atoms with Crippen molar-refractivity contribution in [2.45, 2.75) is 69.1 Å². The third-order valence-electron chi connectivity index (χ3n) is 8.99. The number of carbonyl (C=O) groups excluding carboxylic acids is 2. The molecule has 5 rings (SSSR count). The zero-order valence-corrected chi connectivity index (χ0v) is 29.1. The maximum atomic E-state index is 14.1. The Bertz CT molecular complexity index is 1740. The molecule has 1 unspecified atom stereocenters. The molecule has 2 amide bonds. The van der Waals surface area contributed by atoms with E-state index >= 15 is 0 Å². The SMILES string of the molecule is COC(=O)N[C@H](C(=O)Nc1ccccc1CC[C@@H]1CN[C@H](C)[C@@H](C(S)c2nc(C)cc(C)c2C#N)O1)C(c1ccccc1)c1ccccc1. The van der Waals surface area contributed by atoms with Crippen LogP contribution in [0.25, 0.3) is 0 Å². The third kappa shape index (κ3) is 8.67.